The SMILES string of the molecule is CCC(Nc1nc2c(Br)cccn2n1)c1ncc[nH]1. The van der Waals surface area contributed by atoms with E-state index in [2.05, 4.69) is 48.2 Å². The molecule has 2 N–H and O–H groups in total. The standard InChI is InChI=1S/C12H13BrN6/c1-2-9(10-14-5-6-15-10)16-12-17-11-8(13)4-3-7-19(11)18-12/h3-7,9H,2H2,1H3,(H,14,15)(H,16,18). The van der Waals surface area contributed by atoms with Gasteiger partial charge in [0.05, 0.1) is 10.5 Å². The van der Waals surface area contributed by atoms with Gasteiger partial charge in [0.15, 0.2) is 5.65 Å². The van der Waals surface area contributed by atoms with E-state index >= 15 is 0 Å². The predicted octanol–water partition coefficient (Wildman–Crippen LogP) is 2.78. The van der Waals surface area contributed by atoms with Gasteiger partial charge >= 0.3 is 0 Å². The van der Waals surface area contributed by atoms with E-state index in [1.165, 1.54) is 0 Å². The van der Waals surface area contributed by atoms with Gasteiger partial charge in [-0.05, 0) is 34.5 Å². The third-order valence-electron chi connectivity index (χ3n) is 2.88. The smallest absolute Gasteiger partial charge is 0.243 e. The number of anilines is 1. The fourth-order valence-electron chi connectivity index (χ4n) is 1.92. The second kappa shape index (κ2) is 5.00. The van der Waals surface area contributed by atoms with Gasteiger partial charge in [-0.25, -0.2) is 9.50 Å². The second-order valence-electron chi connectivity index (χ2n) is 4.14. The lowest BCUT2D eigenvalue weighted by atomic mass is 10.2. The summed E-state index contributed by atoms with van der Waals surface area (Å²) >= 11 is 3.46. The van der Waals surface area contributed by atoms with Crippen molar-refractivity contribution >= 4 is 27.5 Å². The molecule has 0 fully saturated rings. The Morgan fingerprint density at radius 2 is 2.42 bits per heavy atom. The van der Waals surface area contributed by atoms with Crippen LogP contribution >= 0.6 is 15.9 Å². The molecule has 0 saturated heterocycles. The molecule has 0 aromatic carbocycles. The fraction of sp³-hybridized carbons (Fsp3) is 0.250. The van der Waals surface area contributed by atoms with Crippen LogP contribution in [0.1, 0.15) is 25.2 Å². The van der Waals surface area contributed by atoms with Gasteiger partial charge in [-0.1, -0.05) is 6.92 Å². The third-order valence-corrected chi connectivity index (χ3v) is 3.49. The highest BCUT2D eigenvalue weighted by atomic mass is 79.9. The van der Waals surface area contributed by atoms with Crippen molar-refractivity contribution in [1.29, 1.82) is 0 Å². The number of halogens is 1. The Morgan fingerprint density at radius 1 is 1.53 bits per heavy atom. The molecule has 19 heavy (non-hydrogen) atoms. The van der Waals surface area contributed by atoms with Crippen LogP contribution in [0.2, 0.25) is 0 Å². The molecule has 3 aromatic heterocycles. The number of imidazole rings is 1. The molecular weight excluding hydrogens is 308 g/mol. The molecule has 0 amide bonds. The number of nitrogens with one attached hydrogen (secondary N) is 2. The van der Waals surface area contributed by atoms with Gasteiger partial charge in [-0.2, -0.15) is 4.98 Å². The Morgan fingerprint density at radius 3 is 3.11 bits per heavy atom. The maximum Gasteiger partial charge on any atom is 0.243 e. The topological polar surface area (TPSA) is 70.9 Å². The molecule has 3 rings (SSSR count). The van der Waals surface area contributed by atoms with E-state index in [0.717, 1.165) is 22.4 Å². The molecule has 1 unspecified atom stereocenters. The van der Waals surface area contributed by atoms with Crippen molar-refractivity contribution in [3.63, 3.8) is 0 Å². The van der Waals surface area contributed by atoms with Crippen LogP contribution in [0.5, 0.6) is 0 Å². The minimum atomic E-state index is 0.0752. The Labute approximate surface area is 118 Å². The number of H-pyrrole nitrogens is 1. The minimum Gasteiger partial charge on any atom is -0.347 e. The fourth-order valence-corrected chi connectivity index (χ4v) is 2.35. The number of aromatic nitrogens is 5. The molecule has 0 radical (unpaired) electrons. The van der Waals surface area contributed by atoms with Crippen LogP contribution in [0.3, 0.4) is 0 Å². The second-order valence-corrected chi connectivity index (χ2v) is 4.99. The lowest BCUT2D eigenvalue weighted by Gasteiger charge is -2.12. The average Bonchev–Trinajstić information content (AvgIpc) is 3.05. The molecule has 3 heterocycles. The van der Waals surface area contributed by atoms with Crippen LogP contribution < -0.4 is 5.32 Å². The summed E-state index contributed by atoms with van der Waals surface area (Å²) in [6.07, 6.45) is 6.32. The van der Waals surface area contributed by atoms with Crippen LogP contribution in [0, 0.1) is 0 Å². The van der Waals surface area contributed by atoms with E-state index in [0.29, 0.717) is 5.95 Å². The van der Waals surface area contributed by atoms with Crippen molar-refractivity contribution in [3.8, 4) is 0 Å². The summed E-state index contributed by atoms with van der Waals surface area (Å²) in [5, 5.41) is 7.68. The number of hydrogen-bond donors (Lipinski definition) is 2. The molecule has 0 aliphatic carbocycles. The normalized spacial score (nSPS) is 12.7. The zero-order valence-electron chi connectivity index (χ0n) is 10.3. The highest BCUT2D eigenvalue weighted by molar-refractivity contribution is 9.10. The molecule has 3 aromatic rings. The van der Waals surface area contributed by atoms with E-state index in [-0.39, 0.29) is 6.04 Å². The largest absolute Gasteiger partial charge is 0.347 e. The first-order valence-electron chi connectivity index (χ1n) is 6.04. The van der Waals surface area contributed by atoms with Crippen molar-refractivity contribution in [1.82, 2.24) is 24.6 Å². The van der Waals surface area contributed by atoms with Crippen molar-refractivity contribution < 1.29 is 0 Å². The van der Waals surface area contributed by atoms with Gasteiger partial charge in [0.2, 0.25) is 5.95 Å². The van der Waals surface area contributed by atoms with Crippen LogP contribution in [0.15, 0.2) is 35.2 Å². The quantitative estimate of drug-likeness (QED) is 0.775. The van der Waals surface area contributed by atoms with E-state index in [4.69, 9.17) is 0 Å². The molecule has 0 aliphatic rings. The Bertz CT molecular complexity index is 675. The number of nitrogens with zero attached hydrogens (tertiary/aromatic N) is 4. The van der Waals surface area contributed by atoms with Crippen LogP contribution in [-0.2, 0) is 0 Å². The molecule has 0 spiro atoms. The Balaban J connectivity index is 1.90. The summed E-state index contributed by atoms with van der Waals surface area (Å²) in [6.45, 7) is 2.09. The maximum atomic E-state index is 4.46. The van der Waals surface area contributed by atoms with Crippen molar-refractivity contribution in [2.75, 3.05) is 5.32 Å². The van der Waals surface area contributed by atoms with Gasteiger partial charge in [0, 0.05) is 18.6 Å². The highest BCUT2D eigenvalue weighted by Crippen LogP contribution is 2.20. The summed E-state index contributed by atoms with van der Waals surface area (Å²) in [5.74, 6) is 1.48. The highest BCUT2D eigenvalue weighted by Gasteiger charge is 2.14. The summed E-state index contributed by atoms with van der Waals surface area (Å²) in [7, 11) is 0. The number of aromatic amines is 1. The number of fused-ring (bicyclic) bond motifs is 1. The third kappa shape index (κ3) is 2.33. The van der Waals surface area contributed by atoms with Gasteiger partial charge in [-0.15, -0.1) is 5.10 Å². The van der Waals surface area contributed by atoms with Crippen molar-refractivity contribution in [2.24, 2.45) is 0 Å². The molecule has 0 aliphatic heterocycles. The number of rotatable bonds is 4. The molecule has 6 nitrogen and oxygen atoms in total. The predicted molar refractivity (Wildman–Crippen MR) is 75.9 cm³/mol. The zero-order valence-corrected chi connectivity index (χ0v) is 11.9. The average molecular weight is 321 g/mol. The molecule has 0 bridgehead atoms. The lowest BCUT2D eigenvalue weighted by molar-refractivity contribution is 0.695. The maximum absolute atomic E-state index is 4.46. The summed E-state index contributed by atoms with van der Waals surface area (Å²) in [4.78, 5) is 11.8. The first-order valence-corrected chi connectivity index (χ1v) is 6.84. The first-order chi connectivity index (χ1) is 9.28. The van der Waals surface area contributed by atoms with Gasteiger partial charge in [0.1, 0.15) is 5.82 Å². The molecule has 1 atom stereocenters. The van der Waals surface area contributed by atoms with Crippen LogP contribution in [0.25, 0.3) is 5.65 Å². The lowest BCUT2D eigenvalue weighted by Crippen LogP contribution is -2.12. The summed E-state index contributed by atoms with van der Waals surface area (Å²) in [6, 6.07) is 3.93. The Kier molecular flexibility index (Phi) is 3.20. The van der Waals surface area contributed by atoms with E-state index in [1.807, 2.05) is 24.5 Å². The van der Waals surface area contributed by atoms with E-state index in [9.17, 15) is 0 Å². The van der Waals surface area contributed by atoms with Crippen LogP contribution in [0.4, 0.5) is 5.95 Å². The zero-order chi connectivity index (χ0) is 13.2. The van der Waals surface area contributed by atoms with Crippen LogP contribution in [-0.4, -0.2) is 24.6 Å². The van der Waals surface area contributed by atoms with Gasteiger partial charge < -0.3 is 10.3 Å². The molecular formula is C12H13BrN6. The van der Waals surface area contributed by atoms with Crippen molar-refractivity contribution in [2.45, 2.75) is 19.4 Å². The summed E-state index contributed by atoms with van der Waals surface area (Å²) in [5.41, 5.74) is 0.791. The molecule has 98 valence electrons. The Hall–Kier alpha value is -1.89. The van der Waals surface area contributed by atoms with Crippen molar-refractivity contribution in [3.05, 3.63) is 41.0 Å². The molecule has 7 heteroatoms. The van der Waals surface area contributed by atoms with Gasteiger partial charge in [0.25, 0.3) is 0 Å². The first kappa shape index (κ1) is 12.2. The summed E-state index contributed by atoms with van der Waals surface area (Å²) < 4.78 is 2.66. The minimum absolute atomic E-state index is 0.0752. The number of hydrogen-bond acceptors (Lipinski definition) is 4. The number of pyridine rings is 1. The van der Waals surface area contributed by atoms with E-state index < -0.39 is 0 Å². The van der Waals surface area contributed by atoms with Gasteiger partial charge in [-0.3, -0.25) is 0 Å². The monoisotopic (exact) mass is 320 g/mol. The van der Waals surface area contributed by atoms with E-state index in [1.54, 1.807) is 10.7 Å². The molecule has 0 saturated carbocycles.